The van der Waals surface area contributed by atoms with Gasteiger partial charge in [0, 0.05) is 23.6 Å². The van der Waals surface area contributed by atoms with Crippen LogP contribution in [0.1, 0.15) is 49.2 Å². The van der Waals surface area contributed by atoms with Crippen molar-refractivity contribution in [1.29, 1.82) is 0 Å². The van der Waals surface area contributed by atoms with Gasteiger partial charge in [-0.15, -0.1) is 10.2 Å². The van der Waals surface area contributed by atoms with Crippen LogP contribution in [0, 0.1) is 10.1 Å². The number of methoxy groups -OCH3 is 1. The first-order chi connectivity index (χ1) is 18.4. The van der Waals surface area contributed by atoms with E-state index in [2.05, 4.69) is 15.5 Å². The summed E-state index contributed by atoms with van der Waals surface area (Å²) >= 11 is 1.48. The fraction of sp³-hybridized carbons (Fsp3) is 0.250. The van der Waals surface area contributed by atoms with E-state index in [1.54, 1.807) is 19.2 Å². The molecule has 10 heteroatoms. The van der Waals surface area contributed by atoms with Crippen LogP contribution in [-0.4, -0.2) is 32.7 Å². The van der Waals surface area contributed by atoms with E-state index in [1.165, 1.54) is 23.9 Å². The van der Waals surface area contributed by atoms with Crippen LogP contribution < -0.4 is 10.1 Å². The molecule has 1 aromatic heterocycles. The molecule has 0 bridgehead atoms. The Hall–Kier alpha value is -4.18. The number of hydrogen-bond acceptors (Lipinski definition) is 7. The van der Waals surface area contributed by atoms with E-state index in [4.69, 9.17) is 4.74 Å². The van der Waals surface area contributed by atoms with Crippen LogP contribution >= 0.6 is 11.8 Å². The van der Waals surface area contributed by atoms with Gasteiger partial charge in [0.15, 0.2) is 11.0 Å². The summed E-state index contributed by atoms with van der Waals surface area (Å²) in [6.45, 7) is 3.84. The predicted octanol–water partition coefficient (Wildman–Crippen LogP) is 5.85. The Kier molecular flexibility index (Phi) is 8.75. The van der Waals surface area contributed by atoms with E-state index in [9.17, 15) is 14.9 Å². The zero-order valence-corrected chi connectivity index (χ0v) is 22.2. The Morgan fingerprint density at radius 2 is 1.82 bits per heavy atom. The third kappa shape index (κ3) is 6.20. The van der Waals surface area contributed by atoms with E-state index < -0.39 is 11.0 Å². The molecule has 0 aliphatic heterocycles. The number of rotatable bonds is 11. The molecule has 0 fully saturated rings. The van der Waals surface area contributed by atoms with Gasteiger partial charge >= 0.3 is 0 Å². The molecule has 1 N–H and O–H groups in total. The summed E-state index contributed by atoms with van der Waals surface area (Å²) in [7, 11) is 1.63. The van der Waals surface area contributed by atoms with Crippen molar-refractivity contribution in [3.05, 3.63) is 106 Å². The number of nitrogens with one attached hydrogen (secondary N) is 1. The van der Waals surface area contributed by atoms with Crippen molar-refractivity contribution in [2.24, 2.45) is 0 Å². The molecule has 0 spiro atoms. The fourth-order valence-electron chi connectivity index (χ4n) is 4.17. The van der Waals surface area contributed by atoms with Crippen molar-refractivity contribution in [1.82, 2.24) is 20.1 Å². The quantitative estimate of drug-likeness (QED) is 0.147. The largest absolute Gasteiger partial charge is 0.497 e. The van der Waals surface area contributed by atoms with Crippen LogP contribution in [0.4, 0.5) is 5.69 Å². The molecule has 9 nitrogen and oxygen atoms in total. The molecule has 0 aliphatic carbocycles. The van der Waals surface area contributed by atoms with E-state index in [-0.39, 0.29) is 17.5 Å². The number of hydrogen-bond donors (Lipinski definition) is 1. The van der Waals surface area contributed by atoms with Gasteiger partial charge in [0.2, 0.25) is 5.91 Å². The number of benzene rings is 3. The molecule has 196 valence electrons. The van der Waals surface area contributed by atoms with Crippen LogP contribution in [0.2, 0.25) is 0 Å². The maximum Gasteiger partial charge on any atom is 0.269 e. The van der Waals surface area contributed by atoms with Crippen LogP contribution in [0.3, 0.4) is 0 Å². The summed E-state index contributed by atoms with van der Waals surface area (Å²) in [6.07, 6.45) is 0.652. The van der Waals surface area contributed by atoms with Crippen molar-refractivity contribution >= 4 is 23.4 Å². The minimum Gasteiger partial charge on any atom is -0.497 e. The molecular formula is C28H29N5O4S. The Labute approximate surface area is 225 Å². The van der Waals surface area contributed by atoms with Crippen LogP contribution in [0.15, 0.2) is 84.0 Å². The van der Waals surface area contributed by atoms with E-state index in [1.807, 2.05) is 73.0 Å². The lowest BCUT2D eigenvalue weighted by molar-refractivity contribution is -0.384. The van der Waals surface area contributed by atoms with Gasteiger partial charge < -0.3 is 10.1 Å². The molecule has 38 heavy (non-hydrogen) atoms. The van der Waals surface area contributed by atoms with Gasteiger partial charge in [-0.2, -0.15) is 0 Å². The van der Waals surface area contributed by atoms with Crippen LogP contribution in [-0.2, 0) is 10.5 Å². The Morgan fingerprint density at radius 1 is 1.08 bits per heavy atom. The number of ether oxygens (including phenoxy) is 1. The zero-order chi connectivity index (χ0) is 27.1. The zero-order valence-electron chi connectivity index (χ0n) is 21.4. The third-order valence-electron chi connectivity index (χ3n) is 6.15. The Morgan fingerprint density at radius 3 is 2.47 bits per heavy atom. The Bertz CT molecular complexity index is 1390. The lowest BCUT2D eigenvalue weighted by Crippen LogP contribution is -2.32. The van der Waals surface area contributed by atoms with E-state index in [0.29, 0.717) is 28.8 Å². The number of aromatic nitrogens is 3. The van der Waals surface area contributed by atoms with Crippen molar-refractivity contribution in [3.63, 3.8) is 0 Å². The summed E-state index contributed by atoms with van der Waals surface area (Å²) in [6, 6.07) is 23.2. The predicted molar refractivity (Wildman–Crippen MR) is 147 cm³/mol. The number of carbonyl (C=O) groups excluding carboxylic acids is 1. The van der Waals surface area contributed by atoms with Crippen molar-refractivity contribution in [2.75, 3.05) is 7.11 Å². The van der Waals surface area contributed by atoms with Gasteiger partial charge in [-0.3, -0.25) is 19.5 Å². The maximum absolute atomic E-state index is 13.2. The normalized spacial score (nSPS) is 12.5. The number of thioether (sulfide) groups is 1. The average molecular weight is 532 g/mol. The lowest BCUT2D eigenvalue weighted by atomic mass is 9.95. The molecule has 3 aromatic carbocycles. The maximum atomic E-state index is 13.2. The van der Waals surface area contributed by atoms with Crippen molar-refractivity contribution < 1.29 is 14.5 Å². The van der Waals surface area contributed by atoms with E-state index in [0.717, 1.165) is 16.9 Å². The van der Waals surface area contributed by atoms with Gasteiger partial charge in [0.25, 0.3) is 5.69 Å². The highest BCUT2D eigenvalue weighted by Gasteiger charge is 2.25. The molecule has 4 rings (SSSR count). The molecular weight excluding hydrogens is 502 g/mol. The minimum atomic E-state index is -0.464. The number of nitro benzene ring substituents is 1. The van der Waals surface area contributed by atoms with E-state index >= 15 is 0 Å². The topological polar surface area (TPSA) is 112 Å². The summed E-state index contributed by atoms with van der Waals surface area (Å²) in [5.74, 6) is 1.50. The lowest BCUT2D eigenvalue weighted by Gasteiger charge is -2.20. The Balaban J connectivity index is 1.63. The van der Waals surface area contributed by atoms with Crippen LogP contribution in [0.25, 0.3) is 5.69 Å². The monoisotopic (exact) mass is 531 g/mol. The molecule has 4 aromatic rings. The summed E-state index contributed by atoms with van der Waals surface area (Å²) in [5, 5.41) is 23.7. The first-order valence-corrected chi connectivity index (χ1v) is 13.2. The molecule has 1 amide bonds. The highest BCUT2D eigenvalue weighted by molar-refractivity contribution is 7.98. The first kappa shape index (κ1) is 26.9. The SMILES string of the molecule is CCC(C(=O)NC(C)c1nnc(SCc2cccc(OC)c2)n1-c1ccc([N+](=O)[O-])cc1)c1ccccc1. The minimum absolute atomic E-state index is 0.0102. The summed E-state index contributed by atoms with van der Waals surface area (Å²) in [4.78, 5) is 24.0. The highest BCUT2D eigenvalue weighted by Crippen LogP contribution is 2.30. The van der Waals surface area contributed by atoms with Gasteiger partial charge in [0.05, 0.1) is 24.0 Å². The first-order valence-electron chi connectivity index (χ1n) is 12.2. The molecule has 2 unspecified atom stereocenters. The second-order valence-electron chi connectivity index (χ2n) is 8.69. The second-order valence-corrected chi connectivity index (χ2v) is 9.63. The number of nitrogens with zero attached hydrogens (tertiary/aromatic N) is 4. The molecule has 1 heterocycles. The smallest absolute Gasteiger partial charge is 0.269 e. The summed E-state index contributed by atoms with van der Waals surface area (Å²) in [5.41, 5.74) is 2.65. The fourth-order valence-corrected chi connectivity index (χ4v) is 5.07. The van der Waals surface area contributed by atoms with Gasteiger partial charge in [0.1, 0.15) is 5.75 Å². The summed E-state index contributed by atoms with van der Waals surface area (Å²) < 4.78 is 7.16. The van der Waals surface area contributed by atoms with Crippen LogP contribution in [0.5, 0.6) is 5.75 Å². The average Bonchev–Trinajstić information content (AvgIpc) is 3.37. The number of amides is 1. The highest BCUT2D eigenvalue weighted by atomic mass is 32.2. The van der Waals surface area contributed by atoms with Crippen molar-refractivity contribution in [3.8, 4) is 11.4 Å². The number of nitro groups is 1. The number of carbonyl (C=O) groups is 1. The standard InChI is InChI=1S/C28H29N5O4S/c1-4-25(21-10-6-5-7-11-21)27(34)29-19(2)26-30-31-28(38-18-20-9-8-12-24(17-20)37-3)32(26)22-13-15-23(16-14-22)33(35)36/h5-17,19,25H,4,18H2,1-3H3,(H,29,34). The molecule has 0 saturated heterocycles. The third-order valence-corrected chi connectivity index (χ3v) is 7.15. The molecule has 0 saturated carbocycles. The molecule has 0 radical (unpaired) electrons. The molecule has 0 aliphatic rings. The number of non-ortho nitro benzene ring substituents is 1. The van der Waals surface area contributed by atoms with Crippen molar-refractivity contribution in [2.45, 2.75) is 43.1 Å². The van der Waals surface area contributed by atoms with Gasteiger partial charge in [-0.25, -0.2) is 0 Å². The second kappa shape index (κ2) is 12.4. The molecule has 2 atom stereocenters. The van der Waals surface area contributed by atoms with Gasteiger partial charge in [-0.1, -0.05) is 61.2 Å². The van der Waals surface area contributed by atoms with Gasteiger partial charge in [-0.05, 0) is 48.7 Å².